The molecule has 0 heterocycles. The number of aliphatic hydroxyl groups excluding tert-OH is 1. The summed E-state index contributed by atoms with van der Waals surface area (Å²) in [4.78, 5) is 2.29. The molecule has 0 aliphatic carbocycles. The standard InChI is InChI=1S/C45H60F2N2O4/c1-33(43(52-31-44(2,3)4)53-32-45(5,6)7)48-40(29-50)42(51-30-36-21-15-10-16-22-36)41(25-37-23-38(46)26-39(47)24-37)49(27-34-17-11-8-12-18-34)28-35-19-13-9-14-20-35/h8-24,26,33,40-43,48,50H,25,27-32H2,1-7H3/t33-,40-,41+,42-/m1/s1. The molecule has 0 amide bonds. The van der Waals surface area contributed by atoms with Crippen LogP contribution in [0.15, 0.2) is 109 Å². The fraction of sp³-hybridized carbons (Fsp3) is 0.467. The molecule has 4 aromatic rings. The van der Waals surface area contributed by atoms with Crippen LogP contribution in [-0.2, 0) is 40.3 Å². The molecule has 0 unspecified atom stereocenters. The lowest BCUT2D eigenvalue weighted by Gasteiger charge is -2.42. The predicted molar refractivity (Wildman–Crippen MR) is 209 cm³/mol. The molecular formula is C45H60F2N2O4. The number of hydrogen-bond donors (Lipinski definition) is 2. The maximum absolute atomic E-state index is 14.8. The van der Waals surface area contributed by atoms with Gasteiger partial charge in [0.25, 0.3) is 0 Å². The monoisotopic (exact) mass is 730 g/mol. The van der Waals surface area contributed by atoms with Crippen molar-refractivity contribution in [2.75, 3.05) is 19.8 Å². The molecule has 0 aromatic heterocycles. The van der Waals surface area contributed by atoms with Gasteiger partial charge in [0.15, 0.2) is 6.29 Å². The zero-order chi connectivity index (χ0) is 38.4. The highest BCUT2D eigenvalue weighted by Gasteiger charge is 2.37. The number of nitrogens with one attached hydrogen (secondary N) is 1. The number of rotatable bonds is 20. The normalized spacial score (nSPS) is 14.7. The highest BCUT2D eigenvalue weighted by atomic mass is 19.1. The quantitative estimate of drug-likeness (QED) is 0.0886. The minimum atomic E-state index is -0.660. The molecule has 0 aliphatic rings. The Morgan fingerprint density at radius 3 is 1.53 bits per heavy atom. The molecule has 8 heteroatoms. The summed E-state index contributed by atoms with van der Waals surface area (Å²) < 4.78 is 49.3. The summed E-state index contributed by atoms with van der Waals surface area (Å²) in [6, 6.07) is 32.4. The lowest BCUT2D eigenvalue weighted by molar-refractivity contribution is -0.185. The van der Waals surface area contributed by atoms with Crippen molar-refractivity contribution in [3.8, 4) is 0 Å². The van der Waals surface area contributed by atoms with Gasteiger partial charge in [-0.15, -0.1) is 0 Å². The lowest BCUT2D eigenvalue weighted by atomic mass is 9.93. The van der Waals surface area contributed by atoms with E-state index >= 15 is 0 Å². The van der Waals surface area contributed by atoms with Crippen molar-refractivity contribution in [1.82, 2.24) is 10.2 Å². The molecule has 0 saturated heterocycles. The first-order chi connectivity index (χ1) is 25.2. The molecule has 4 rings (SSSR count). The van der Waals surface area contributed by atoms with Gasteiger partial charge < -0.3 is 24.6 Å². The van der Waals surface area contributed by atoms with E-state index in [4.69, 9.17) is 14.2 Å². The van der Waals surface area contributed by atoms with Crippen molar-refractivity contribution in [2.45, 2.75) is 105 Å². The van der Waals surface area contributed by atoms with Gasteiger partial charge in [-0.2, -0.15) is 0 Å². The first-order valence-electron chi connectivity index (χ1n) is 18.7. The number of halogens is 2. The summed E-state index contributed by atoms with van der Waals surface area (Å²) >= 11 is 0. The van der Waals surface area contributed by atoms with Gasteiger partial charge in [0.2, 0.25) is 0 Å². The molecule has 0 aliphatic heterocycles. The van der Waals surface area contributed by atoms with Crippen molar-refractivity contribution in [1.29, 1.82) is 0 Å². The van der Waals surface area contributed by atoms with E-state index in [1.807, 2.05) is 73.7 Å². The van der Waals surface area contributed by atoms with Crippen molar-refractivity contribution in [3.63, 3.8) is 0 Å². The second-order valence-corrected chi connectivity index (χ2v) is 16.5. The van der Waals surface area contributed by atoms with E-state index in [0.29, 0.717) is 31.9 Å². The summed E-state index contributed by atoms with van der Waals surface area (Å²) in [6.07, 6.45) is -1.02. The highest BCUT2D eigenvalue weighted by Crippen LogP contribution is 2.26. The van der Waals surface area contributed by atoms with Gasteiger partial charge in [-0.25, -0.2) is 8.78 Å². The van der Waals surface area contributed by atoms with Gasteiger partial charge in [-0.3, -0.25) is 4.90 Å². The zero-order valence-electron chi connectivity index (χ0n) is 32.6. The molecule has 288 valence electrons. The number of nitrogens with zero attached hydrogens (tertiary/aromatic N) is 1. The lowest BCUT2D eigenvalue weighted by Crippen LogP contribution is -2.59. The van der Waals surface area contributed by atoms with Crippen molar-refractivity contribution < 1.29 is 28.1 Å². The first kappa shape index (κ1) is 42.2. The Kier molecular flexibility index (Phi) is 16.1. The van der Waals surface area contributed by atoms with Crippen LogP contribution in [0.5, 0.6) is 0 Å². The van der Waals surface area contributed by atoms with E-state index in [9.17, 15) is 13.9 Å². The number of benzene rings is 4. The van der Waals surface area contributed by atoms with Gasteiger partial charge >= 0.3 is 0 Å². The largest absolute Gasteiger partial charge is 0.395 e. The van der Waals surface area contributed by atoms with Crippen LogP contribution >= 0.6 is 0 Å². The van der Waals surface area contributed by atoms with E-state index in [2.05, 4.69) is 76.0 Å². The Balaban J connectivity index is 1.80. The van der Waals surface area contributed by atoms with Gasteiger partial charge in [0.05, 0.1) is 44.6 Å². The van der Waals surface area contributed by atoms with Crippen LogP contribution in [0.3, 0.4) is 0 Å². The van der Waals surface area contributed by atoms with Gasteiger partial charge in [0.1, 0.15) is 11.6 Å². The van der Waals surface area contributed by atoms with E-state index in [1.54, 1.807) is 0 Å². The Morgan fingerprint density at radius 2 is 1.09 bits per heavy atom. The third kappa shape index (κ3) is 15.0. The van der Waals surface area contributed by atoms with E-state index in [1.165, 1.54) is 12.1 Å². The Bertz CT molecular complexity index is 1530. The molecule has 0 radical (unpaired) electrons. The number of hydrogen-bond acceptors (Lipinski definition) is 6. The van der Waals surface area contributed by atoms with E-state index in [-0.39, 0.29) is 36.5 Å². The minimum absolute atomic E-state index is 0.0958. The Morgan fingerprint density at radius 1 is 0.642 bits per heavy atom. The maximum Gasteiger partial charge on any atom is 0.172 e. The summed E-state index contributed by atoms with van der Waals surface area (Å²) in [5, 5.41) is 14.9. The van der Waals surface area contributed by atoms with Crippen LogP contribution in [0, 0.1) is 22.5 Å². The van der Waals surface area contributed by atoms with Crippen molar-refractivity contribution in [2.24, 2.45) is 10.8 Å². The van der Waals surface area contributed by atoms with E-state index in [0.717, 1.165) is 22.8 Å². The molecule has 2 N–H and O–H groups in total. The van der Waals surface area contributed by atoms with Gasteiger partial charge in [-0.05, 0) is 58.6 Å². The fourth-order valence-corrected chi connectivity index (χ4v) is 6.28. The van der Waals surface area contributed by atoms with E-state index < -0.39 is 36.1 Å². The maximum atomic E-state index is 14.8. The SMILES string of the molecule is C[C@@H](N[C@H](CO)[C@@H](OCc1ccccc1)[C@H](Cc1cc(F)cc(F)c1)N(Cc1ccccc1)Cc1ccccc1)C(OCC(C)(C)C)OCC(C)(C)C. The minimum Gasteiger partial charge on any atom is -0.395 e. The first-order valence-corrected chi connectivity index (χ1v) is 18.7. The summed E-state index contributed by atoms with van der Waals surface area (Å²) in [5.74, 6) is -1.28. The zero-order valence-corrected chi connectivity index (χ0v) is 32.6. The second-order valence-electron chi connectivity index (χ2n) is 16.5. The van der Waals surface area contributed by atoms with Crippen molar-refractivity contribution >= 4 is 0 Å². The smallest absolute Gasteiger partial charge is 0.172 e. The molecule has 0 saturated carbocycles. The fourth-order valence-electron chi connectivity index (χ4n) is 6.28. The molecular weight excluding hydrogens is 671 g/mol. The predicted octanol–water partition coefficient (Wildman–Crippen LogP) is 8.95. The molecule has 0 spiro atoms. The molecule has 53 heavy (non-hydrogen) atoms. The van der Waals surface area contributed by atoms with Gasteiger partial charge in [-0.1, -0.05) is 133 Å². The summed E-state index contributed by atoms with van der Waals surface area (Å²) in [5.41, 5.74) is 3.43. The Labute approximate surface area is 316 Å². The second kappa shape index (κ2) is 20.3. The topological polar surface area (TPSA) is 63.2 Å². The van der Waals surface area contributed by atoms with Crippen LogP contribution < -0.4 is 5.32 Å². The average Bonchev–Trinajstić information content (AvgIpc) is 3.10. The highest BCUT2D eigenvalue weighted by molar-refractivity contribution is 5.22. The molecule has 0 bridgehead atoms. The summed E-state index contributed by atoms with van der Waals surface area (Å²) in [6.45, 7) is 16.7. The number of ether oxygens (including phenoxy) is 3. The number of aliphatic hydroxyl groups is 1. The Hall–Kier alpha value is -3.50. The molecule has 4 aromatic carbocycles. The van der Waals surface area contributed by atoms with Crippen LogP contribution in [0.25, 0.3) is 0 Å². The molecule has 0 fully saturated rings. The van der Waals surface area contributed by atoms with Crippen LogP contribution in [0.2, 0.25) is 0 Å². The average molecular weight is 731 g/mol. The molecule has 4 atom stereocenters. The summed E-state index contributed by atoms with van der Waals surface area (Å²) in [7, 11) is 0. The van der Waals surface area contributed by atoms with Crippen molar-refractivity contribution in [3.05, 3.63) is 143 Å². The van der Waals surface area contributed by atoms with Crippen LogP contribution in [0.4, 0.5) is 8.78 Å². The van der Waals surface area contributed by atoms with Gasteiger partial charge in [0, 0.05) is 25.2 Å². The third-order valence-electron chi connectivity index (χ3n) is 8.80. The van der Waals surface area contributed by atoms with Crippen LogP contribution in [-0.4, -0.2) is 60.3 Å². The van der Waals surface area contributed by atoms with Crippen LogP contribution in [0.1, 0.15) is 70.7 Å². The third-order valence-corrected chi connectivity index (χ3v) is 8.80. The molecule has 6 nitrogen and oxygen atoms in total.